The summed E-state index contributed by atoms with van der Waals surface area (Å²) in [6, 6.07) is 0. The molecule has 0 aromatic carbocycles. The van der Waals surface area contributed by atoms with Crippen LogP contribution in [-0.4, -0.2) is 12.6 Å². The normalized spacial score (nSPS) is 8.67. The Balaban J connectivity index is 0. The van der Waals surface area contributed by atoms with Gasteiger partial charge in [-0.05, 0) is 13.8 Å². The van der Waals surface area contributed by atoms with Crippen LogP contribution in [0.3, 0.4) is 0 Å². The van der Waals surface area contributed by atoms with E-state index in [0.717, 1.165) is 0 Å². The van der Waals surface area contributed by atoms with Crippen LogP contribution < -0.4 is 0 Å². The van der Waals surface area contributed by atoms with Crippen LogP contribution in [-0.2, 0) is 9.53 Å². The number of esters is 1. The van der Waals surface area contributed by atoms with Gasteiger partial charge in [-0.2, -0.15) is 0 Å². The van der Waals surface area contributed by atoms with Crippen LogP contribution in [0, 0.1) is 0 Å². The van der Waals surface area contributed by atoms with Crippen molar-refractivity contribution in [2.24, 2.45) is 0 Å². The Morgan fingerprint density at radius 2 is 2.22 bits per heavy atom. The van der Waals surface area contributed by atoms with Gasteiger partial charge in [0, 0.05) is 6.08 Å². The first kappa shape index (κ1) is 11.5. The SMILES string of the molecule is Br.C/C=C/C(=O)OCC. The minimum absolute atomic E-state index is 0. The Morgan fingerprint density at radius 1 is 1.67 bits per heavy atom. The van der Waals surface area contributed by atoms with Crippen LogP contribution in [0.1, 0.15) is 13.8 Å². The van der Waals surface area contributed by atoms with E-state index >= 15 is 0 Å². The van der Waals surface area contributed by atoms with Crippen LogP contribution >= 0.6 is 17.0 Å². The molecular formula is C6H11BrO2. The number of rotatable bonds is 2. The molecule has 0 N–H and O–H groups in total. The maximum atomic E-state index is 10.3. The van der Waals surface area contributed by atoms with E-state index in [0.29, 0.717) is 6.61 Å². The fourth-order valence-electron chi connectivity index (χ4n) is 0.326. The number of halogens is 1. The van der Waals surface area contributed by atoms with Crippen molar-refractivity contribution < 1.29 is 9.53 Å². The van der Waals surface area contributed by atoms with Crippen LogP contribution in [0.25, 0.3) is 0 Å². The molecule has 0 saturated heterocycles. The van der Waals surface area contributed by atoms with Gasteiger partial charge < -0.3 is 4.74 Å². The van der Waals surface area contributed by atoms with Crippen LogP contribution in [0.15, 0.2) is 12.2 Å². The standard InChI is InChI=1S/C6H10O2.BrH/c1-3-5-6(7)8-4-2;/h3,5H,4H2,1-2H3;1H/b5-3+;. The molecule has 0 aliphatic carbocycles. The summed E-state index contributed by atoms with van der Waals surface area (Å²) in [6.45, 7) is 4.00. The highest BCUT2D eigenvalue weighted by Crippen LogP contribution is 1.78. The van der Waals surface area contributed by atoms with Crippen molar-refractivity contribution in [3.05, 3.63) is 12.2 Å². The number of allylic oxidation sites excluding steroid dienone is 1. The van der Waals surface area contributed by atoms with E-state index in [-0.39, 0.29) is 23.0 Å². The van der Waals surface area contributed by atoms with Gasteiger partial charge in [0.1, 0.15) is 0 Å². The number of ether oxygens (including phenoxy) is 1. The Bertz CT molecular complexity index is 99.2. The topological polar surface area (TPSA) is 26.3 Å². The molecule has 0 heterocycles. The summed E-state index contributed by atoms with van der Waals surface area (Å²) in [5.74, 6) is -0.269. The van der Waals surface area contributed by atoms with E-state index in [9.17, 15) is 4.79 Å². The zero-order valence-corrected chi connectivity index (χ0v) is 7.30. The lowest BCUT2D eigenvalue weighted by molar-refractivity contribution is -0.137. The Kier molecular flexibility index (Phi) is 9.81. The van der Waals surface area contributed by atoms with Crippen molar-refractivity contribution in [3.8, 4) is 0 Å². The quantitative estimate of drug-likeness (QED) is 0.495. The first-order valence-electron chi connectivity index (χ1n) is 2.60. The lowest BCUT2D eigenvalue weighted by Crippen LogP contribution is -1.98. The van der Waals surface area contributed by atoms with Gasteiger partial charge in [-0.1, -0.05) is 6.08 Å². The molecular weight excluding hydrogens is 184 g/mol. The largest absolute Gasteiger partial charge is 0.463 e. The summed E-state index contributed by atoms with van der Waals surface area (Å²) >= 11 is 0. The summed E-state index contributed by atoms with van der Waals surface area (Å²) in [5, 5.41) is 0. The van der Waals surface area contributed by atoms with Gasteiger partial charge in [0.15, 0.2) is 0 Å². The minimum atomic E-state index is -0.269. The minimum Gasteiger partial charge on any atom is -0.463 e. The molecule has 0 radical (unpaired) electrons. The second kappa shape index (κ2) is 7.69. The van der Waals surface area contributed by atoms with Crippen molar-refractivity contribution >= 4 is 23.0 Å². The Morgan fingerprint density at radius 3 is 2.56 bits per heavy atom. The number of hydrogen-bond donors (Lipinski definition) is 0. The third-order valence-corrected chi connectivity index (χ3v) is 0.589. The second-order valence-electron chi connectivity index (χ2n) is 1.25. The number of carbonyl (C=O) groups excluding carboxylic acids is 1. The molecule has 9 heavy (non-hydrogen) atoms. The molecule has 0 atom stereocenters. The van der Waals surface area contributed by atoms with Crippen LogP contribution in [0.5, 0.6) is 0 Å². The van der Waals surface area contributed by atoms with Gasteiger partial charge in [-0.15, -0.1) is 17.0 Å². The van der Waals surface area contributed by atoms with E-state index in [1.54, 1.807) is 19.9 Å². The van der Waals surface area contributed by atoms with Crippen molar-refractivity contribution in [2.75, 3.05) is 6.61 Å². The average Bonchev–Trinajstić information content (AvgIpc) is 1.68. The summed E-state index contributed by atoms with van der Waals surface area (Å²) in [7, 11) is 0. The predicted octanol–water partition coefficient (Wildman–Crippen LogP) is 1.70. The van der Waals surface area contributed by atoms with Gasteiger partial charge in [0.25, 0.3) is 0 Å². The molecule has 2 nitrogen and oxygen atoms in total. The molecule has 0 bridgehead atoms. The van der Waals surface area contributed by atoms with Gasteiger partial charge in [-0.25, -0.2) is 4.79 Å². The van der Waals surface area contributed by atoms with E-state index in [1.165, 1.54) is 6.08 Å². The lowest BCUT2D eigenvalue weighted by Gasteiger charge is -1.91. The fraction of sp³-hybridized carbons (Fsp3) is 0.500. The molecule has 0 spiro atoms. The summed E-state index contributed by atoms with van der Waals surface area (Å²) in [5.41, 5.74) is 0. The van der Waals surface area contributed by atoms with E-state index in [2.05, 4.69) is 4.74 Å². The molecule has 0 aliphatic rings. The highest BCUT2D eigenvalue weighted by atomic mass is 79.9. The van der Waals surface area contributed by atoms with E-state index in [4.69, 9.17) is 0 Å². The zero-order valence-electron chi connectivity index (χ0n) is 5.59. The molecule has 0 rings (SSSR count). The average molecular weight is 195 g/mol. The molecule has 54 valence electrons. The maximum absolute atomic E-state index is 10.3. The molecule has 0 saturated carbocycles. The highest BCUT2D eigenvalue weighted by molar-refractivity contribution is 8.93. The first-order chi connectivity index (χ1) is 3.81. The van der Waals surface area contributed by atoms with Gasteiger partial charge in [0.2, 0.25) is 0 Å². The van der Waals surface area contributed by atoms with Crippen molar-refractivity contribution in [3.63, 3.8) is 0 Å². The number of hydrogen-bond acceptors (Lipinski definition) is 2. The van der Waals surface area contributed by atoms with E-state index in [1.807, 2.05) is 0 Å². The predicted molar refractivity (Wildman–Crippen MR) is 41.8 cm³/mol. The van der Waals surface area contributed by atoms with Gasteiger partial charge in [0.05, 0.1) is 6.61 Å². The molecule has 0 aromatic heterocycles. The summed E-state index contributed by atoms with van der Waals surface area (Å²) < 4.78 is 4.56. The van der Waals surface area contributed by atoms with Crippen LogP contribution in [0.2, 0.25) is 0 Å². The van der Waals surface area contributed by atoms with Crippen LogP contribution in [0.4, 0.5) is 0 Å². The van der Waals surface area contributed by atoms with Crippen molar-refractivity contribution in [1.29, 1.82) is 0 Å². The number of carbonyl (C=O) groups is 1. The molecule has 0 amide bonds. The molecule has 0 unspecified atom stereocenters. The molecule has 0 aliphatic heterocycles. The summed E-state index contributed by atoms with van der Waals surface area (Å²) in [4.78, 5) is 10.3. The molecule has 3 heteroatoms. The van der Waals surface area contributed by atoms with Gasteiger partial charge >= 0.3 is 5.97 Å². The second-order valence-corrected chi connectivity index (χ2v) is 1.25. The lowest BCUT2D eigenvalue weighted by atomic mass is 10.5. The monoisotopic (exact) mass is 194 g/mol. The zero-order chi connectivity index (χ0) is 6.41. The third-order valence-electron chi connectivity index (χ3n) is 0.589. The smallest absolute Gasteiger partial charge is 0.330 e. The van der Waals surface area contributed by atoms with E-state index < -0.39 is 0 Å². The first-order valence-corrected chi connectivity index (χ1v) is 2.60. The van der Waals surface area contributed by atoms with Crippen molar-refractivity contribution in [2.45, 2.75) is 13.8 Å². The Labute approximate surface area is 65.7 Å². The third kappa shape index (κ3) is 7.69. The summed E-state index contributed by atoms with van der Waals surface area (Å²) in [6.07, 6.45) is 3.04. The van der Waals surface area contributed by atoms with Gasteiger partial charge in [-0.3, -0.25) is 0 Å². The molecule has 0 aromatic rings. The maximum Gasteiger partial charge on any atom is 0.330 e. The fourth-order valence-corrected chi connectivity index (χ4v) is 0.326. The van der Waals surface area contributed by atoms with Crippen molar-refractivity contribution in [1.82, 2.24) is 0 Å². The molecule has 0 fully saturated rings. The highest BCUT2D eigenvalue weighted by Gasteiger charge is 1.88. The Hall–Kier alpha value is -0.310.